The van der Waals surface area contributed by atoms with Crippen LogP contribution in [0.25, 0.3) is 10.9 Å². The number of nitrogens with zero attached hydrogens (tertiary/aromatic N) is 1. The van der Waals surface area contributed by atoms with E-state index in [0.717, 1.165) is 23.0 Å². The summed E-state index contributed by atoms with van der Waals surface area (Å²) >= 11 is 0. The summed E-state index contributed by atoms with van der Waals surface area (Å²) in [6, 6.07) is 13.4. The number of methoxy groups -OCH3 is 2. The minimum Gasteiger partial charge on any atom is -0.497 e. The molecule has 1 N–H and O–H groups in total. The van der Waals surface area contributed by atoms with Gasteiger partial charge in [0.1, 0.15) is 17.2 Å². The molecule has 5 heteroatoms. The van der Waals surface area contributed by atoms with Gasteiger partial charge in [-0.2, -0.15) is 0 Å². The van der Waals surface area contributed by atoms with Gasteiger partial charge in [-0.25, -0.2) is 0 Å². The summed E-state index contributed by atoms with van der Waals surface area (Å²) in [5, 5.41) is 4.06. The van der Waals surface area contributed by atoms with Crippen LogP contribution in [-0.4, -0.2) is 24.7 Å². The molecule has 5 nitrogen and oxygen atoms in total. The number of aryl methyl sites for hydroxylation is 2. The van der Waals surface area contributed by atoms with Crippen molar-refractivity contribution < 1.29 is 14.3 Å². The maximum atomic E-state index is 13.0. The number of ether oxygens (including phenoxy) is 2. The first-order valence-electron chi connectivity index (χ1n) is 8.21. The van der Waals surface area contributed by atoms with Gasteiger partial charge in [-0.1, -0.05) is 18.2 Å². The Labute approximate surface area is 147 Å². The van der Waals surface area contributed by atoms with Crippen molar-refractivity contribution in [1.29, 1.82) is 0 Å². The molecular weight excluding hydrogens is 316 g/mol. The lowest BCUT2D eigenvalue weighted by molar-refractivity contribution is 0.101. The van der Waals surface area contributed by atoms with Crippen LogP contribution < -0.4 is 14.8 Å². The molecule has 1 heterocycles. The number of hydrogen-bond acceptors (Lipinski definition) is 3. The first-order valence-corrected chi connectivity index (χ1v) is 8.21. The van der Waals surface area contributed by atoms with E-state index in [2.05, 4.69) is 5.32 Å². The SMILES string of the molecule is CCn1c(C(=O)Nc2cc(OC)cc(OC)c2)c(C)c2ccccc21. The summed E-state index contributed by atoms with van der Waals surface area (Å²) < 4.78 is 12.6. The lowest BCUT2D eigenvalue weighted by atomic mass is 10.1. The van der Waals surface area contributed by atoms with Crippen molar-refractivity contribution in [3.63, 3.8) is 0 Å². The molecule has 0 unspecified atom stereocenters. The predicted octanol–water partition coefficient (Wildman–Crippen LogP) is 4.24. The summed E-state index contributed by atoms with van der Waals surface area (Å²) in [6.45, 7) is 4.74. The highest BCUT2D eigenvalue weighted by molar-refractivity contribution is 6.08. The number of benzene rings is 2. The highest BCUT2D eigenvalue weighted by Gasteiger charge is 2.19. The molecule has 0 atom stereocenters. The van der Waals surface area contributed by atoms with E-state index in [9.17, 15) is 4.79 Å². The Morgan fingerprint density at radius 3 is 2.32 bits per heavy atom. The fourth-order valence-electron chi connectivity index (χ4n) is 3.17. The van der Waals surface area contributed by atoms with Crippen LogP contribution in [0, 0.1) is 6.92 Å². The highest BCUT2D eigenvalue weighted by Crippen LogP contribution is 2.29. The van der Waals surface area contributed by atoms with Crippen molar-refractivity contribution in [2.75, 3.05) is 19.5 Å². The summed E-state index contributed by atoms with van der Waals surface area (Å²) in [5.74, 6) is 1.11. The number of rotatable bonds is 5. The molecule has 1 amide bonds. The molecule has 0 saturated heterocycles. The van der Waals surface area contributed by atoms with Crippen LogP contribution in [0.5, 0.6) is 11.5 Å². The average molecular weight is 338 g/mol. The summed E-state index contributed by atoms with van der Waals surface area (Å²) in [5.41, 5.74) is 3.35. The zero-order valence-electron chi connectivity index (χ0n) is 14.9. The third-order valence-corrected chi connectivity index (χ3v) is 4.36. The van der Waals surface area contributed by atoms with Crippen LogP contribution in [-0.2, 0) is 6.54 Å². The van der Waals surface area contributed by atoms with Crippen LogP contribution in [0.1, 0.15) is 23.0 Å². The third kappa shape index (κ3) is 3.05. The van der Waals surface area contributed by atoms with Gasteiger partial charge in [0.05, 0.1) is 14.2 Å². The average Bonchev–Trinajstić information content (AvgIpc) is 2.93. The van der Waals surface area contributed by atoms with Crippen LogP contribution >= 0.6 is 0 Å². The monoisotopic (exact) mass is 338 g/mol. The Hall–Kier alpha value is -2.95. The molecule has 0 bridgehead atoms. The van der Waals surface area contributed by atoms with Crippen molar-refractivity contribution in [2.45, 2.75) is 20.4 Å². The van der Waals surface area contributed by atoms with E-state index in [1.807, 2.05) is 42.7 Å². The lowest BCUT2D eigenvalue weighted by Gasteiger charge is -2.12. The molecule has 2 aromatic carbocycles. The molecule has 130 valence electrons. The largest absolute Gasteiger partial charge is 0.497 e. The first-order chi connectivity index (χ1) is 12.1. The Morgan fingerprint density at radius 1 is 1.08 bits per heavy atom. The smallest absolute Gasteiger partial charge is 0.272 e. The molecule has 25 heavy (non-hydrogen) atoms. The number of para-hydroxylation sites is 1. The quantitative estimate of drug-likeness (QED) is 0.757. The fourth-order valence-corrected chi connectivity index (χ4v) is 3.17. The fraction of sp³-hybridized carbons (Fsp3) is 0.250. The van der Waals surface area contributed by atoms with E-state index in [1.165, 1.54) is 0 Å². The molecule has 0 aliphatic heterocycles. The molecular formula is C20H22N2O3. The number of carbonyl (C=O) groups is 1. The van der Waals surface area contributed by atoms with Crippen molar-refractivity contribution in [1.82, 2.24) is 4.57 Å². The molecule has 0 aliphatic carbocycles. The molecule has 3 rings (SSSR count). The Bertz CT molecular complexity index is 906. The van der Waals surface area contributed by atoms with Gasteiger partial charge in [0, 0.05) is 41.3 Å². The van der Waals surface area contributed by atoms with Gasteiger partial charge in [-0.05, 0) is 25.5 Å². The number of nitrogens with one attached hydrogen (secondary N) is 1. The van der Waals surface area contributed by atoms with Crippen molar-refractivity contribution >= 4 is 22.5 Å². The van der Waals surface area contributed by atoms with Crippen molar-refractivity contribution in [2.24, 2.45) is 0 Å². The second kappa shape index (κ2) is 6.89. The number of hydrogen-bond donors (Lipinski definition) is 1. The van der Waals surface area contributed by atoms with Gasteiger partial charge < -0.3 is 19.4 Å². The Morgan fingerprint density at radius 2 is 1.72 bits per heavy atom. The molecule has 0 radical (unpaired) electrons. The van der Waals surface area contributed by atoms with E-state index in [1.54, 1.807) is 32.4 Å². The molecule has 0 spiro atoms. The van der Waals surface area contributed by atoms with E-state index < -0.39 is 0 Å². The second-order valence-electron chi connectivity index (χ2n) is 5.79. The van der Waals surface area contributed by atoms with E-state index in [-0.39, 0.29) is 5.91 Å². The molecule has 0 saturated carbocycles. The van der Waals surface area contributed by atoms with E-state index >= 15 is 0 Å². The topological polar surface area (TPSA) is 52.5 Å². The predicted molar refractivity (Wildman–Crippen MR) is 99.8 cm³/mol. The number of anilines is 1. The van der Waals surface area contributed by atoms with Gasteiger partial charge >= 0.3 is 0 Å². The van der Waals surface area contributed by atoms with Gasteiger partial charge in [0.2, 0.25) is 0 Å². The Kier molecular flexibility index (Phi) is 4.65. The van der Waals surface area contributed by atoms with Crippen molar-refractivity contribution in [3.05, 3.63) is 53.7 Å². The summed E-state index contributed by atoms with van der Waals surface area (Å²) in [4.78, 5) is 13.0. The van der Waals surface area contributed by atoms with E-state index in [4.69, 9.17) is 9.47 Å². The molecule has 1 aromatic heterocycles. The van der Waals surface area contributed by atoms with Crippen molar-refractivity contribution in [3.8, 4) is 11.5 Å². The normalized spacial score (nSPS) is 10.7. The summed E-state index contributed by atoms with van der Waals surface area (Å²) in [6.07, 6.45) is 0. The van der Waals surface area contributed by atoms with E-state index in [0.29, 0.717) is 22.9 Å². The van der Waals surface area contributed by atoms with Crippen LogP contribution in [0.3, 0.4) is 0 Å². The van der Waals surface area contributed by atoms with Gasteiger partial charge in [-0.15, -0.1) is 0 Å². The van der Waals surface area contributed by atoms with Gasteiger partial charge in [0.25, 0.3) is 5.91 Å². The zero-order chi connectivity index (χ0) is 18.0. The molecule has 3 aromatic rings. The molecule has 0 aliphatic rings. The van der Waals surface area contributed by atoms with Gasteiger partial charge in [0.15, 0.2) is 0 Å². The maximum Gasteiger partial charge on any atom is 0.272 e. The number of amides is 1. The highest BCUT2D eigenvalue weighted by atomic mass is 16.5. The summed E-state index contributed by atoms with van der Waals surface area (Å²) in [7, 11) is 3.17. The van der Waals surface area contributed by atoms with Gasteiger partial charge in [-0.3, -0.25) is 4.79 Å². The lowest BCUT2D eigenvalue weighted by Crippen LogP contribution is -2.18. The minimum absolute atomic E-state index is 0.147. The Balaban J connectivity index is 2.02. The molecule has 0 fully saturated rings. The number of carbonyl (C=O) groups excluding carboxylic acids is 1. The number of aromatic nitrogens is 1. The second-order valence-corrected chi connectivity index (χ2v) is 5.79. The standard InChI is InChI=1S/C20H22N2O3/c1-5-22-18-9-7-6-8-17(18)13(2)19(22)20(23)21-14-10-15(24-3)12-16(11-14)25-4/h6-12H,5H2,1-4H3,(H,21,23). The van der Waals surface area contributed by atoms with Crippen LogP contribution in [0.15, 0.2) is 42.5 Å². The number of fused-ring (bicyclic) bond motifs is 1. The minimum atomic E-state index is -0.147. The maximum absolute atomic E-state index is 13.0. The zero-order valence-corrected chi connectivity index (χ0v) is 14.9. The van der Waals surface area contributed by atoms with Crippen LogP contribution in [0.4, 0.5) is 5.69 Å². The third-order valence-electron chi connectivity index (χ3n) is 4.36. The first kappa shape index (κ1) is 16.9. The van der Waals surface area contributed by atoms with Crippen LogP contribution in [0.2, 0.25) is 0 Å².